The predicted molar refractivity (Wildman–Crippen MR) is 295 cm³/mol. The molecule has 0 fully saturated rings. The molecule has 0 unspecified atom stereocenters. The average molecular weight is 923 g/mol. The van der Waals surface area contributed by atoms with E-state index in [1.807, 2.05) is 224 Å². The standard InChI is InChI=1S/C29H24O.C21H18O.C18H16O/c1-21-13-12-14-22(2)26(21)29(30)28(25-19-10-5-11-20-25)27(23-15-6-3-7-16-23)24-17-8-4-9-18-24;1-15-7-6-8-16(2)20(15)21(22)19-13-11-18(12-14-19)17-9-4-3-5-10-17;1-12-6-5-7-13(2)17(12)18(19)16-10-14-8-3-4-9-15(14)11-16/h3-20H,1-2H3;3-14H,1-2H3;3-10H,11H2,1-2H3. The Labute approximate surface area is 419 Å². The van der Waals surface area contributed by atoms with E-state index in [4.69, 9.17) is 0 Å². The van der Waals surface area contributed by atoms with Crippen LogP contribution in [0, 0.1) is 41.5 Å². The van der Waals surface area contributed by atoms with E-state index in [0.717, 1.165) is 107 Å². The number of fused-ring (bicyclic) bond motifs is 1. The Morgan fingerprint density at radius 2 is 0.704 bits per heavy atom. The normalized spacial score (nSPS) is 11.2. The minimum Gasteiger partial charge on any atom is -0.289 e. The number of carbonyl (C=O) groups excluding carboxylic acids is 3. The Kier molecular flexibility index (Phi) is 15.6. The lowest BCUT2D eigenvalue weighted by molar-refractivity contribution is 0.102. The molecule has 1 aliphatic rings. The van der Waals surface area contributed by atoms with Crippen molar-refractivity contribution in [2.24, 2.45) is 0 Å². The van der Waals surface area contributed by atoms with E-state index in [2.05, 4.69) is 48.5 Å². The third-order valence-electron chi connectivity index (χ3n) is 13.1. The largest absolute Gasteiger partial charge is 0.289 e. The molecule has 3 nitrogen and oxygen atoms in total. The zero-order chi connectivity index (χ0) is 49.9. The van der Waals surface area contributed by atoms with E-state index in [1.165, 1.54) is 11.1 Å². The van der Waals surface area contributed by atoms with Gasteiger partial charge in [0.25, 0.3) is 0 Å². The molecule has 0 heterocycles. The van der Waals surface area contributed by atoms with Crippen LogP contribution in [0.15, 0.2) is 230 Å². The van der Waals surface area contributed by atoms with Crippen LogP contribution in [0.1, 0.15) is 97.8 Å². The summed E-state index contributed by atoms with van der Waals surface area (Å²) in [4.78, 5) is 39.5. The lowest BCUT2D eigenvalue weighted by atomic mass is 9.84. The maximum Gasteiger partial charge on any atom is 0.194 e. The second kappa shape index (κ2) is 22.7. The summed E-state index contributed by atoms with van der Waals surface area (Å²) in [5.74, 6) is 0.321. The zero-order valence-corrected chi connectivity index (χ0v) is 41.4. The number of ketones is 3. The Hall–Kier alpha value is -8.53. The SMILES string of the molecule is Cc1cccc(C)c1C(=O)C(=C(c1ccccc1)c1ccccc1)c1ccccc1.Cc1cccc(C)c1C(=O)C1=Cc2ccccc2C1.Cc1cccc(C)c1C(=O)c1ccc(-c2ccccc2)cc1. The molecule has 10 rings (SSSR count). The maximum absolute atomic E-state index is 14.1. The van der Waals surface area contributed by atoms with E-state index >= 15 is 0 Å². The summed E-state index contributed by atoms with van der Waals surface area (Å²) in [7, 11) is 0. The highest BCUT2D eigenvalue weighted by molar-refractivity contribution is 6.36. The van der Waals surface area contributed by atoms with Gasteiger partial charge in [-0.05, 0) is 120 Å². The highest BCUT2D eigenvalue weighted by atomic mass is 16.1. The van der Waals surface area contributed by atoms with Crippen LogP contribution >= 0.6 is 0 Å². The molecule has 0 atom stereocenters. The van der Waals surface area contributed by atoms with Gasteiger partial charge in [0.2, 0.25) is 0 Å². The highest BCUT2D eigenvalue weighted by Crippen LogP contribution is 2.36. The van der Waals surface area contributed by atoms with Crippen molar-refractivity contribution in [1.29, 1.82) is 0 Å². The van der Waals surface area contributed by atoms with Crippen molar-refractivity contribution in [3.63, 3.8) is 0 Å². The van der Waals surface area contributed by atoms with Gasteiger partial charge in [0.15, 0.2) is 17.3 Å². The molecule has 1 aliphatic carbocycles. The number of hydrogen-bond donors (Lipinski definition) is 0. The molecule has 0 bridgehead atoms. The van der Waals surface area contributed by atoms with Gasteiger partial charge in [0, 0.05) is 45.4 Å². The summed E-state index contributed by atoms with van der Waals surface area (Å²) < 4.78 is 0. The molecule has 9 aromatic carbocycles. The predicted octanol–water partition coefficient (Wildman–Crippen LogP) is 16.5. The molecule has 0 radical (unpaired) electrons. The van der Waals surface area contributed by atoms with Crippen molar-refractivity contribution in [1.82, 2.24) is 0 Å². The number of carbonyl (C=O) groups is 3. The van der Waals surface area contributed by atoms with Gasteiger partial charge in [-0.15, -0.1) is 0 Å². The Morgan fingerprint density at radius 3 is 1.17 bits per heavy atom. The van der Waals surface area contributed by atoms with Crippen molar-refractivity contribution < 1.29 is 14.4 Å². The molecule has 0 saturated carbocycles. The van der Waals surface area contributed by atoms with Crippen molar-refractivity contribution in [2.45, 2.75) is 48.0 Å². The van der Waals surface area contributed by atoms with Crippen LogP contribution in [0.3, 0.4) is 0 Å². The molecular formula is C68H58O3. The molecule has 0 N–H and O–H groups in total. The van der Waals surface area contributed by atoms with Gasteiger partial charge in [-0.1, -0.05) is 224 Å². The summed E-state index contributed by atoms with van der Waals surface area (Å²) in [5, 5.41) is 0. The molecule has 3 heteroatoms. The molecule has 0 saturated heterocycles. The monoisotopic (exact) mass is 922 g/mol. The first-order valence-electron chi connectivity index (χ1n) is 24.2. The topological polar surface area (TPSA) is 51.2 Å². The van der Waals surface area contributed by atoms with Crippen molar-refractivity contribution in [3.05, 3.63) is 313 Å². The highest BCUT2D eigenvalue weighted by Gasteiger charge is 2.25. The van der Waals surface area contributed by atoms with Gasteiger partial charge < -0.3 is 0 Å². The second-order valence-electron chi connectivity index (χ2n) is 18.1. The Balaban J connectivity index is 0.000000147. The summed E-state index contributed by atoms with van der Waals surface area (Å²) in [6.45, 7) is 12.0. The van der Waals surface area contributed by atoms with Gasteiger partial charge >= 0.3 is 0 Å². The lowest BCUT2D eigenvalue weighted by Gasteiger charge is -2.18. The van der Waals surface area contributed by atoms with Crippen molar-refractivity contribution in [2.75, 3.05) is 0 Å². The van der Waals surface area contributed by atoms with Crippen LogP contribution in [0.5, 0.6) is 0 Å². The summed E-state index contributed by atoms with van der Waals surface area (Å²) in [6, 6.07) is 74.6. The molecule has 348 valence electrons. The van der Waals surface area contributed by atoms with Gasteiger partial charge in [-0.25, -0.2) is 0 Å². The van der Waals surface area contributed by atoms with Crippen molar-refractivity contribution in [3.8, 4) is 11.1 Å². The van der Waals surface area contributed by atoms with Crippen LogP contribution in [-0.2, 0) is 6.42 Å². The number of rotatable bonds is 10. The smallest absolute Gasteiger partial charge is 0.194 e. The quantitative estimate of drug-likeness (QED) is 0.0780. The number of Topliss-reactive ketones (excluding diaryl/α,β-unsaturated/α-hetero) is 2. The first-order valence-corrected chi connectivity index (χ1v) is 24.2. The Morgan fingerprint density at radius 1 is 0.324 bits per heavy atom. The molecule has 0 amide bonds. The Bertz CT molecular complexity index is 3290. The van der Waals surface area contributed by atoms with Gasteiger partial charge in [0.05, 0.1) is 0 Å². The fraction of sp³-hybridized carbons (Fsp3) is 0.103. The van der Waals surface area contributed by atoms with Crippen LogP contribution in [-0.4, -0.2) is 17.3 Å². The third kappa shape index (κ3) is 11.3. The number of aryl methyl sites for hydroxylation is 6. The van der Waals surface area contributed by atoms with E-state index in [1.54, 1.807) is 0 Å². The molecule has 0 aromatic heterocycles. The van der Waals surface area contributed by atoms with E-state index < -0.39 is 0 Å². The lowest BCUT2D eigenvalue weighted by Crippen LogP contribution is -2.10. The second-order valence-corrected chi connectivity index (χ2v) is 18.1. The number of allylic oxidation sites excluding steroid dienone is 2. The fourth-order valence-electron chi connectivity index (χ4n) is 9.48. The van der Waals surface area contributed by atoms with Gasteiger partial charge in [-0.2, -0.15) is 0 Å². The summed E-state index contributed by atoms with van der Waals surface area (Å²) in [5.41, 5.74) is 19.6. The minimum atomic E-state index is 0.0551. The van der Waals surface area contributed by atoms with Crippen LogP contribution < -0.4 is 0 Å². The van der Waals surface area contributed by atoms with Crippen LogP contribution in [0.2, 0.25) is 0 Å². The molecule has 9 aromatic rings. The average Bonchev–Trinajstić information content (AvgIpc) is 3.84. The van der Waals surface area contributed by atoms with Crippen LogP contribution in [0.4, 0.5) is 0 Å². The first kappa shape index (κ1) is 48.9. The third-order valence-corrected chi connectivity index (χ3v) is 13.1. The number of benzene rings is 9. The maximum atomic E-state index is 14.1. The summed E-state index contributed by atoms with van der Waals surface area (Å²) >= 11 is 0. The molecular weight excluding hydrogens is 865 g/mol. The zero-order valence-electron chi connectivity index (χ0n) is 41.4. The van der Waals surface area contributed by atoms with Crippen molar-refractivity contribution >= 4 is 34.6 Å². The fourth-order valence-corrected chi connectivity index (χ4v) is 9.48. The number of hydrogen-bond acceptors (Lipinski definition) is 3. The summed E-state index contributed by atoms with van der Waals surface area (Å²) in [6.07, 6.45) is 2.78. The van der Waals surface area contributed by atoms with Gasteiger partial charge in [-0.3, -0.25) is 14.4 Å². The van der Waals surface area contributed by atoms with Gasteiger partial charge in [0.1, 0.15) is 0 Å². The molecule has 0 spiro atoms. The molecule has 0 aliphatic heterocycles. The van der Waals surface area contributed by atoms with E-state index in [9.17, 15) is 14.4 Å². The van der Waals surface area contributed by atoms with E-state index in [-0.39, 0.29) is 17.3 Å². The minimum absolute atomic E-state index is 0.0551. The van der Waals surface area contributed by atoms with E-state index in [0.29, 0.717) is 0 Å². The molecule has 71 heavy (non-hydrogen) atoms. The van der Waals surface area contributed by atoms with Crippen LogP contribution in [0.25, 0.3) is 28.3 Å². The first-order chi connectivity index (χ1) is 34.5.